The number of allylic oxidation sites excluding steroid dienone is 1. The Bertz CT molecular complexity index is 1340. The number of ether oxygens (including phenoxy) is 3. The Morgan fingerprint density at radius 3 is 2.76 bits per heavy atom. The molecular weight excluding hydrogens is 580 g/mol. The summed E-state index contributed by atoms with van der Waals surface area (Å²) in [6.07, 6.45) is 1.53. The van der Waals surface area contributed by atoms with Crippen molar-refractivity contribution in [2.45, 2.75) is 31.7 Å². The van der Waals surface area contributed by atoms with Crippen molar-refractivity contribution in [2.24, 2.45) is 0 Å². The Morgan fingerprint density at radius 1 is 1.32 bits per heavy atom. The Morgan fingerprint density at radius 2 is 2.08 bits per heavy atom. The van der Waals surface area contributed by atoms with Crippen LogP contribution in [-0.4, -0.2) is 40.2 Å². The van der Waals surface area contributed by atoms with E-state index in [2.05, 4.69) is 37.9 Å². The number of esters is 1. The number of carbonyl (C=O) groups is 1. The second-order valence-electron chi connectivity index (χ2n) is 8.00. The molecular formula is C26H26BrClN4O4S. The fourth-order valence-corrected chi connectivity index (χ4v) is 5.14. The molecule has 0 saturated carbocycles. The molecule has 2 heterocycles. The molecule has 3 aromatic rings. The predicted molar refractivity (Wildman–Crippen MR) is 149 cm³/mol. The number of methoxy groups -OCH3 is 1. The first-order valence-corrected chi connectivity index (χ1v) is 13.6. The first kappa shape index (κ1) is 27.1. The van der Waals surface area contributed by atoms with Gasteiger partial charge in [-0.1, -0.05) is 55.1 Å². The third-order valence-corrected chi connectivity index (χ3v) is 7.08. The molecule has 0 radical (unpaired) electrons. The number of hydrogen-bond acceptors (Lipinski definition) is 8. The van der Waals surface area contributed by atoms with Gasteiger partial charge in [0, 0.05) is 10.7 Å². The molecule has 0 amide bonds. The van der Waals surface area contributed by atoms with Crippen molar-refractivity contribution in [3.8, 4) is 11.5 Å². The molecule has 1 aromatic heterocycles. The van der Waals surface area contributed by atoms with E-state index in [9.17, 15) is 4.79 Å². The number of nitrogens with zero attached hydrogens (tertiary/aromatic N) is 3. The van der Waals surface area contributed by atoms with Gasteiger partial charge in [0.25, 0.3) is 0 Å². The molecule has 11 heteroatoms. The smallest absolute Gasteiger partial charge is 0.338 e. The van der Waals surface area contributed by atoms with Crippen LogP contribution in [0.4, 0.5) is 5.95 Å². The lowest BCUT2D eigenvalue weighted by molar-refractivity contribution is -0.138. The fourth-order valence-electron chi connectivity index (χ4n) is 3.88. The van der Waals surface area contributed by atoms with Crippen molar-refractivity contribution in [1.82, 2.24) is 14.8 Å². The molecule has 8 nitrogen and oxygen atoms in total. The summed E-state index contributed by atoms with van der Waals surface area (Å²) in [6, 6.07) is 10.6. The average molecular weight is 606 g/mol. The largest absolute Gasteiger partial charge is 0.493 e. The summed E-state index contributed by atoms with van der Waals surface area (Å²) in [5.74, 6) is 1.91. The maximum absolute atomic E-state index is 13.2. The van der Waals surface area contributed by atoms with E-state index in [1.807, 2.05) is 50.2 Å². The summed E-state index contributed by atoms with van der Waals surface area (Å²) >= 11 is 11.1. The number of halogens is 2. The zero-order valence-corrected chi connectivity index (χ0v) is 23.7. The number of nitrogens with one attached hydrogen (secondary N) is 1. The molecule has 194 valence electrons. The average Bonchev–Trinajstić information content (AvgIpc) is 3.28. The number of benzene rings is 2. The Balaban J connectivity index is 1.75. The van der Waals surface area contributed by atoms with Crippen molar-refractivity contribution in [3.05, 3.63) is 80.9 Å². The van der Waals surface area contributed by atoms with Crippen molar-refractivity contribution in [1.29, 1.82) is 0 Å². The molecule has 0 saturated heterocycles. The van der Waals surface area contributed by atoms with E-state index >= 15 is 0 Å². The Kier molecular flexibility index (Phi) is 8.83. The minimum atomic E-state index is -0.609. The first-order valence-electron chi connectivity index (χ1n) is 11.5. The maximum Gasteiger partial charge on any atom is 0.338 e. The van der Waals surface area contributed by atoms with Gasteiger partial charge in [-0.3, -0.25) is 0 Å². The molecule has 1 N–H and O–H groups in total. The van der Waals surface area contributed by atoms with Crippen LogP contribution in [0.2, 0.25) is 5.02 Å². The van der Waals surface area contributed by atoms with Crippen LogP contribution < -0.4 is 14.8 Å². The highest BCUT2D eigenvalue weighted by Crippen LogP contribution is 2.43. The van der Waals surface area contributed by atoms with Crippen molar-refractivity contribution >= 4 is 51.2 Å². The van der Waals surface area contributed by atoms with Crippen molar-refractivity contribution < 1.29 is 19.0 Å². The summed E-state index contributed by atoms with van der Waals surface area (Å²) in [5.41, 5.74) is 2.74. The molecule has 4 rings (SSSR count). The van der Waals surface area contributed by atoms with Crippen molar-refractivity contribution in [3.63, 3.8) is 0 Å². The van der Waals surface area contributed by atoms with Crippen LogP contribution >= 0.6 is 39.3 Å². The van der Waals surface area contributed by atoms with Crippen LogP contribution in [0.15, 0.2) is 70.0 Å². The summed E-state index contributed by atoms with van der Waals surface area (Å²) in [4.78, 5) is 17.8. The number of hydrogen-bond donors (Lipinski definition) is 1. The van der Waals surface area contributed by atoms with Gasteiger partial charge in [-0.15, -0.1) is 5.10 Å². The van der Waals surface area contributed by atoms with E-state index in [0.29, 0.717) is 50.0 Å². The number of anilines is 1. The molecule has 1 atom stereocenters. The molecule has 2 aromatic carbocycles. The summed E-state index contributed by atoms with van der Waals surface area (Å²) in [5, 5.41) is 9.15. The van der Waals surface area contributed by atoms with Crippen LogP contribution in [-0.2, 0) is 16.1 Å². The predicted octanol–water partition coefficient (Wildman–Crippen LogP) is 6.41. The van der Waals surface area contributed by atoms with Gasteiger partial charge in [0.1, 0.15) is 19.3 Å². The monoisotopic (exact) mass is 604 g/mol. The number of thioether (sulfide) groups is 1. The van der Waals surface area contributed by atoms with Crippen LogP contribution in [0.3, 0.4) is 0 Å². The third-order valence-electron chi connectivity index (χ3n) is 5.52. The Hall–Kier alpha value is -2.95. The number of carbonyl (C=O) groups excluding carboxylic acids is 1. The first-order chi connectivity index (χ1) is 17.9. The van der Waals surface area contributed by atoms with Gasteiger partial charge in [0.15, 0.2) is 11.5 Å². The van der Waals surface area contributed by atoms with Crippen LogP contribution in [0.1, 0.15) is 31.0 Å². The quantitative estimate of drug-likeness (QED) is 0.161. The molecule has 1 unspecified atom stereocenters. The number of aromatic nitrogens is 3. The topological polar surface area (TPSA) is 87.5 Å². The molecule has 1 aliphatic heterocycles. The Labute approximate surface area is 233 Å². The molecule has 37 heavy (non-hydrogen) atoms. The van der Waals surface area contributed by atoms with E-state index in [4.69, 9.17) is 25.8 Å². The normalized spacial score (nSPS) is 14.6. The van der Waals surface area contributed by atoms with Gasteiger partial charge in [0.2, 0.25) is 11.1 Å². The zero-order chi connectivity index (χ0) is 26.5. The number of fused-ring (bicyclic) bond motifs is 1. The van der Waals surface area contributed by atoms with Crippen molar-refractivity contribution in [2.75, 3.05) is 24.8 Å². The van der Waals surface area contributed by atoms with Crippen LogP contribution in [0.25, 0.3) is 0 Å². The second kappa shape index (κ2) is 12.1. The zero-order valence-electron chi connectivity index (χ0n) is 20.6. The van der Waals surface area contributed by atoms with E-state index in [1.54, 1.807) is 11.8 Å². The van der Waals surface area contributed by atoms with Crippen LogP contribution in [0, 0.1) is 0 Å². The molecule has 0 bridgehead atoms. The van der Waals surface area contributed by atoms with E-state index < -0.39 is 12.0 Å². The van der Waals surface area contributed by atoms with Gasteiger partial charge in [-0.05, 0) is 64.0 Å². The van der Waals surface area contributed by atoms with Gasteiger partial charge >= 0.3 is 5.97 Å². The summed E-state index contributed by atoms with van der Waals surface area (Å²) in [6.45, 7) is 7.90. The molecule has 1 aliphatic rings. The SMILES string of the molecule is C=CCOC(=O)C1=C(C)Nc2nc(SCC)nn2C1c1cc(Br)c(OCc2ccc(Cl)cc2)c(OC)c1. The third kappa shape index (κ3) is 5.97. The summed E-state index contributed by atoms with van der Waals surface area (Å²) < 4.78 is 19.6. The fraction of sp³-hybridized carbons (Fsp3) is 0.269. The highest BCUT2D eigenvalue weighted by molar-refractivity contribution is 9.10. The van der Waals surface area contributed by atoms with E-state index in [-0.39, 0.29) is 6.61 Å². The number of rotatable bonds is 10. The minimum Gasteiger partial charge on any atom is -0.493 e. The highest BCUT2D eigenvalue weighted by Gasteiger charge is 2.36. The lowest BCUT2D eigenvalue weighted by atomic mass is 9.95. The van der Waals surface area contributed by atoms with E-state index in [1.165, 1.54) is 17.8 Å². The molecule has 0 aliphatic carbocycles. The standard InChI is InChI=1S/C26H26BrClN4O4S/c1-5-11-35-24(33)21-15(3)29-25-30-26(37-6-2)31-32(25)22(21)17-12-19(27)23(20(13-17)34-4)36-14-16-7-9-18(28)10-8-16/h5,7-10,12-13,22H,1,6,11,14H2,2-4H3,(H,29,30,31). The lowest BCUT2D eigenvalue weighted by Crippen LogP contribution is -2.29. The minimum absolute atomic E-state index is 0.0912. The summed E-state index contributed by atoms with van der Waals surface area (Å²) in [7, 11) is 1.57. The van der Waals surface area contributed by atoms with Gasteiger partial charge < -0.3 is 19.5 Å². The van der Waals surface area contributed by atoms with Crippen LogP contribution in [0.5, 0.6) is 11.5 Å². The highest BCUT2D eigenvalue weighted by atomic mass is 79.9. The molecule has 0 fully saturated rings. The van der Waals surface area contributed by atoms with Gasteiger partial charge in [-0.25, -0.2) is 9.48 Å². The van der Waals surface area contributed by atoms with Gasteiger partial charge in [0.05, 0.1) is 17.2 Å². The van der Waals surface area contributed by atoms with Gasteiger partial charge in [-0.2, -0.15) is 4.98 Å². The van der Waals surface area contributed by atoms with E-state index in [0.717, 1.165) is 16.9 Å². The molecule has 0 spiro atoms. The lowest BCUT2D eigenvalue weighted by Gasteiger charge is -2.28. The second-order valence-corrected chi connectivity index (χ2v) is 10.5. The maximum atomic E-state index is 13.2.